The third-order valence-electron chi connectivity index (χ3n) is 2.56. The van der Waals surface area contributed by atoms with Gasteiger partial charge in [-0.15, -0.1) is 0 Å². The molecule has 0 fully saturated rings. The van der Waals surface area contributed by atoms with E-state index in [1.165, 1.54) is 0 Å². The Kier molecular flexibility index (Phi) is 6.85. The minimum Gasteiger partial charge on any atom is -0.495 e. The molecule has 4 nitrogen and oxygen atoms in total. The lowest BCUT2D eigenvalue weighted by Crippen LogP contribution is -2.16. The summed E-state index contributed by atoms with van der Waals surface area (Å²) in [6.45, 7) is 5.21. The SMILES string of the molecule is CCOCCCNCc1ccc(OC)c(C#N)c1. The topological polar surface area (TPSA) is 54.3 Å². The van der Waals surface area contributed by atoms with E-state index in [2.05, 4.69) is 11.4 Å². The van der Waals surface area contributed by atoms with Gasteiger partial charge in [-0.25, -0.2) is 0 Å². The summed E-state index contributed by atoms with van der Waals surface area (Å²) < 4.78 is 10.4. The van der Waals surface area contributed by atoms with E-state index in [9.17, 15) is 0 Å². The summed E-state index contributed by atoms with van der Waals surface area (Å²) in [6.07, 6.45) is 0.995. The molecule has 1 N–H and O–H groups in total. The second-order valence-corrected chi connectivity index (χ2v) is 3.87. The largest absolute Gasteiger partial charge is 0.495 e. The molecule has 0 saturated heterocycles. The van der Waals surface area contributed by atoms with Gasteiger partial charge in [-0.3, -0.25) is 0 Å². The fourth-order valence-corrected chi connectivity index (χ4v) is 1.63. The van der Waals surface area contributed by atoms with Crippen LogP contribution in [0.1, 0.15) is 24.5 Å². The monoisotopic (exact) mass is 248 g/mol. The van der Waals surface area contributed by atoms with Crippen molar-refractivity contribution in [3.8, 4) is 11.8 Å². The molecule has 98 valence electrons. The molecule has 0 atom stereocenters. The van der Waals surface area contributed by atoms with Crippen LogP contribution in [0.25, 0.3) is 0 Å². The van der Waals surface area contributed by atoms with Crippen LogP contribution in [0.3, 0.4) is 0 Å². The van der Waals surface area contributed by atoms with Crippen molar-refractivity contribution in [2.24, 2.45) is 0 Å². The Labute approximate surface area is 109 Å². The second-order valence-electron chi connectivity index (χ2n) is 3.87. The second kappa shape index (κ2) is 8.51. The predicted octanol–water partition coefficient (Wildman–Crippen LogP) is 2.08. The smallest absolute Gasteiger partial charge is 0.136 e. The molecular formula is C14H20N2O2. The molecule has 18 heavy (non-hydrogen) atoms. The predicted molar refractivity (Wildman–Crippen MR) is 70.5 cm³/mol. The van der Waals surface area contributed by atoms with Crippen LogP contribution in [-0.4, -0.2) is 26.9 Å². The summed E-state index contributed by atoms with van der Waals surface area (Å²) in [5, 5.41) is 12.3. The van der Waals surface area contributed by atoms with Crippen molar-refractivity contribution in [3.63, 3.8) is 0 Å². The van der Waals surface area contributed by atoms with Gasteiger partial charge in [0.05, 0.1) is 12.7 Å². The Hall–Kier alpha value is -1.57. The van der Waals surface area contributed by atoms with Crippen LogP contribution in [0.15, 0.2) is 18.2 Å². The van der Waals surface area contributed by atoms with Crippen LogP contribution in [0, 0.1) is 11.3 Å². The molecule has 0 aromatic heterocycles. The van der Waals surface area contributed by atoms with Crippen molar-refractivity contribution in [2.45, 2.75) is 19.9 Å². The lowest BCUT2D eigenvalue weighted by molar-refractivity contribution is 0.144. The first kappa shape index (κ1) is 14.5. The van der Waals surface area contributed by atoms with Crippen molar-refractivity contribution in [1.82, 2.24) is 5.32 Å². The van der Waals surface area contributed by atoms with Gasteiger partial charge in [-0.1, -0.05) is 6.07 Å². The van der Waals surface area contributed by atoms with Gasteiger partial charge in [0, 0.05) is 19.8 Å². The molecule has 0 heterocycles. The molecular weight excluding hydrogens is 228 g/mol. The number of methoxy groups -OCH3 is 1. The van der Waals surface area contributed by atoms with Crippen molar-refractivity contribution >= 4 is 0 Å². The van der Waals surface area contributed by atoms with Crippen molar-refractivity contribution in [3.05, 3.63) is 29.3 Å². The zero-order chi connectivity index (χ0) is 13.2. The van der Waals surface area contributed by atoms with Crippen LogP contribution in [0.5, 0.6) is 5.75 Å². The van der Waals surface area contributed by atoms with Crippen molar-refractivity contribution in [1.29, 1.82) is 5.26 Å². The molecule has 0 aliphatic rings. The third-order valence-corrected chi connectivity index (χ3v) is 2.56. The van der Waals surface area contributed by atoms with E-state index in [-0.39, 0.29) is 0 Å². The van der Waals surface area contributed by atoms with Crippen molar-refractivity contribution < 1.29 is 9.47 Å². The highest BCUT2D eigenvalue weighted by Crippen LogP contribution is 2.18. The normalized spacial score (nSPS) is 10.1. The van der Waals surface area contributed by atoms with Crippen LogP contribution >= 0.6 is 0 Å². The van der Waals surface area contributed by atoms with Gasteiger partial charge in [-0.2, -0.15) is 5.26 Å². The molecule has 0 spiro atoms. The Bertz CT molecular complexity index is 399. The standard InChI is InChI=1S/C14H20N2O2/c1-3-18-8-4-7-16-11-12-5-6-14(17-2)13(9-12)10-15/h5-6,9,16H,3-4,7-8,11H2,1-2H3. The Morgan fingerprint density at radius 3 is 2.89 bits per heavy atom. The average Bonchev–Trinajstić information content (AvgIpc) is 2.42. The summed E-state index contributed by atoms with van der Waals surface area (Å²) >= 11 is 0. The summed E-state index contributed by atoms with van der Waals surface area (Å²) in [5.74, 6) is 0.623. The number of rotatable bonds is 8. The molecule has 0 aliphatic carbocycles. The third kappa shape index (κ3) is 4.74. The number of benzene rings is 1. The van der Waals surface area contributed by atoms with Gasteiger partial charge >= 0.3 is 0 Å². The first-order valence-corrected chi connectivity index (χ1v) is 6.17. The lowest BCUT2D eigenvalue weighted by Gasteiger charge is -2.07. The highest BCUT2D eigenvalue weighted by Gasteiger charge is 2.03. The van der Waals surface area contributed by atoms with Gasteiger partial charge < -0.3 is 14.8 Å². The number of nitrogens with one attached hydrogen (secondary N) is 1. The molecule has 0 radical (unpaired) electrons. The summed E-state index contributed by atoms with van der Waals surface area (Å²) in [7, 11) is 1.57. The van der Waals surface area contributed by atoms with Crippen LogP contribution < -0.4 is 10.1 Å². The number of hydrogen-bond donors (Lipinski definition) is 1. The zero-order valence-electron chi connectivity index (χ0n) is 11.0. The van der Waals surface area contributed by atoms with Gasteiger partial charge in [-0.05, 0) is 37.6 Å². The van der Waals surface area contributed by atoms with Gasteiger partial charge in [0.25, 0.3) is 0 Å². The average molecular weight is 248 g/mol. The zero-order valence-corrected chi connectivity index (χ0v) is 11.0. The summed E-state index contributed by atoms with van der Waals surface area (Å²) in [4.78, 5) is 0. The quantitative estimate of drug-likeness (QED) is 0.716. The minimum absolute atomic E-state index is 0.575. The maximum atomic E-state index is 8.98. The van der Waals surface area contributed by atoms with E-state index in [0.717, 1.165) is 38.3 Å². The summed E-state index contributed by atoms with van der Waals surface area (Å²) in [5.41, 5.74) is 1.66. The van der Waals surface area contributed by atoms with E-state index < -0.39 is 0 Å². The molecule has 1 aromatic rings. The summed E-state index contributed by atoms with van der Waals surface area (Å²) in [6, 6.07) is 7.78. The number of nitrogens with zero attached hydrogens (tertiary/aromatic N) is 1. The molecule has 0 saturated carbocycles. The number of nitriles is 1. The van der Waals surface area contributed by atoms with E-state index in [4.69, 9.17) is 14.7 Å². The molecule has 0 bridgehead atoms. The number of ether oxygens (including phenoxy) is 2. The van der Waals surface area contributed by atoms with E-state index >= 15 is 0 Å². The molecule has 0 unspecified atom stereocenters. The molecule has 0 amide bonds. The molecule has 1 rings (SSSR count). The number of hydrogen-bond acceptors (Lipinski definition) is 4. The van der Waals surface area contributed by atoms with E-state index in [1.54, 1.807) is 7.11 Å². The highest BCUT2D eigenvalue weighted by atomic mass is 16.5. The fraction of sp³-hybridized carbons (Fsp3) is 0.500. The van der Waals surface area contributed by atoms with Crippen LogP contribution in [0.4, 0.5) is 0 Å². The maximum absolute atomic E-state index is 8.98. The fourth-order valence-electron chi connectivity index (χ4n) is 1.63. The van der Waals surface area contributed by atoms with Gasteiger partial charge in [0.15, 0.2) is 0 Å². The highest BCUT2D eigenvalue weighted by molar-refractivity contribution is 5.45. The van der Waals surface area contributed by atoms with Crippen LogP contribution in [0.2, 0.25) is 0 Å². The maximum Gasteiger partial charge on any atom is 0.136 e. The first-order chi connectivity index (χ1) is 8.81. The Morgan fingerprint density at radius 1 is 1.39 bits per heavy atom. The van der Waals surface area contributed by atoms with Gasteiger partial charge in [0.1, 0.15) is 11.8 Å². The molecule has 1 aromatic carbocycles. The van der Waals surface area contributed by atoms with Gasteiger partial charge in [0.2, 0.25) is 0 Å². The van der Waals surface area contributed by atoms with E-state index in [1.807, 2.05) is 25.1 Å². The Morgan fingerprint density at radius 2 is 2.22 bits per heavy atom. The molecule has 4 heteroatoms. The minimum atomic E-state index is 0.575. The Balaban J connectivity index is 2.37. The van der Waals surface area contributed by atoms with Crippen LogP contribution in [-0.2, 0) is 11.3 Å². The lowest BCUT2D eigenvalue weighted by atomic mass is 10.1. The van der Waals surface area contributed by atoms with Crippen molar-refractivity contribution in [2.75, 3.05) is 26.9 Å². The molecule has 0 aliphatic heterocycles. The van der Waals surface area contributed by atoms with E-state index in [0.29, 0.717) is 11.3 Å². The first-order valence-electron chi connectivity index (χ1n) is 6.17.